The Labute approximate surface area is 217 Å². The van der Waals surface area contributed by atoms with E-state index in [9.17, 15) is 24.3 Å². The van der Waals surface area contributed by atoms with E-state index in [1.54, 1.807) is 35.2 Å². The van der Waals surface area contributed by atoms with Gasteiger partial charge in [-0.15, -0.1) is 5.10 Å². The number of amides is 4. The molecular formula is C26H25N7O5. The van der Waals surface area contributed by atoms with Gasteiger partial charge in [0.25, 0.3) is 11.8 Å². The van der Waals surface area contributed by atoms with Gasteiger partial charge in [-0.1, -0.05) is 23.4 Å². The topological polar surface area (TPSA) is 141 Å². The molecule has 3 aliphatic heterocycles. The third-order valence-electron chi connectivity index (χ3n) is 7.28. The predicted molar refractivity (Wildman–Crippen MR) is 134 cm³/mol. The number of fused-ring (bicyclic) bond motifs is 1. The summed E-state index contributed by atoms with van der Waals surface area (Å²) in [7, 11) is 0. The van der Waals surface area contributed by atoms with Crippen LogP contribution in [0.3, 0.4) is 0 Å². The van der Waals surface area contributed by atoms with Crippen molar-refractivity contribution in [3.05, 3.63) is 65.5 Å². The van der Waals surface area contributed by atoms with Gasteiger partial charge in [0.1, 0.15) is 11.8 Å². The Hall–Kier alpha value is -4.74. The molecule has 0 aliphatic carbocycles. The van der Waals surface area contributed by atoms with Crippen LogP contribution in [0.2, 0.25) is 0 Å². The number of hydrogen-bond acceptors (Lipinski definition) is 8. The first-order chi connectivity index (χ1) is 18.4. The average molecular weight is 516 g/mol. The summed E-state index contributed by atoms with van der Waals surface area (Å²) in [6, 6.07) is 11.7. The van der Waals surface area contributed by atoms with Gasteiger partial charge in [-0.25, -0.2) is 4.68 Å². The van der Waals surface area contributed by atoms with Gasteiger partial charge in [0.15, 0.2) is 5.69 Å². The van der Waals surface area contributed by atoms with Crippen LogP contribution in [0.25, 0.3) is 5.69 Å². The molecule has 12 heteroatoms. The lowest BCUT2D eigenvalue weighted by molar-refractivity contribution is -0.136. The predicted octanol–water partition coefficient (Wildman–Crippen LogP) is 0.696. The number of benzene rings is 2. The molecule has 1 atom stereocenters. The number of rotatable bonds is 4. The van der Waals surface area contributed by atoms with Crippen LogP contribution < -0.4 is 10.2 Å². The molecule has 4 heterocycles. The van der Waals surface area contributed by atoms with Crippen molar-refractivity contribution in [3.8, 4) is 11.4 Å². The molecule has 2 N–H and O–H groups in total. The largest absolute Gasteiger partial charge is 0.506 e. The number of para-hydroxylation sites is 2. The Morgan fingerprint density at radius 2 is 1.82 bits per heavy atom. The van der Waals surface area contributed by atoms with Crippen LogP contribution in [0.15, 0.2) is 48.7 Å². The highest BCUT2D eigenvalue weighted by Crippen LogP contribution is 2.30. The summed E-state index contributed by atoms with van der Waals surface area (Å²) in [5.74, 6) is -1.09. The first-order valence-corrected chi connectivity index (χ1v) is 12.4. The fourth-order valence-electron chi connectivity index (χ4n) is 5.22. The molecule has 0 bridgehead atoms. The normalized spacial score (nSPS) is 19.5. The SMILES string of the molecule is O=C1CCC(N2Cc3ccc(-n4cc(C(=O)N5CCN(c6ccccc6O)CC5)nn4)cc3C2=O)C(=O)N1. The van der Waals surface area contributed by atoms with E-state index in [-0.39, 0.29) is 42.1 Å². The zero-order chi connectivity index (χ0) is 26.4. The molecular weight excluding hydrogens is 490 g/mol. The lowest BCUT2D eigenvalue weighted by atomic mass is 10.0. The highest BCUT2D eigenvalue weighted by molar-refractivity contribution is 6.05. The Kier molecular flexibility index (Phi) is 5.78. The summed E-state index contributed by atoms with van der Waals surface area (Å²) in [5, 5.41) is 20.6. The lowest BCUT2D eigenvalue weighted by Crippen LogP contribution is -2.52. The number of anilines is 1. The number of imide groups is 1. The van der Waals surface area contributed by atoms with Gasteiger partial charge in [-0.05, 0) is 36.2 Å². The monoisotopic (exact) mass is 515 g/mol. The third kappa shape index (κ3) is 4.13. The number of aromatic nitrogens is 3. The number of phenolic OH excluding ortho intramolecular Hbond substituents is 1. The van der Waals surface area contributed by atoms with E-state index < -0.39 is 11.9 Å². The Balaban J connectivity index is 1.13. The molecule has 0 saturated carbocycles. The van der Waals surface area contributed by atoms with Gasteiger partial charge >= 0.3 is 0 Å². The van der Waals surface area contributed by atoms with Crippen LogP contribution in [-0.4, -0.2) is 85.7 Å². The number of nitrogens with one attached hydrogen (secondary N) is 1. The van der Waals surface area contributed by atoms with Crippen molar-refractivity contribution in [2.45, 2.75) is 25.4 Å². The smallest absolute Gasteiger partial charge is 0.276 e. The maximum atomic E-state index is 13.1. The Bertz CT molecular complexity index is 1460. The zero-order valence-electron chi connectivity index (χ0n) is 20.4. The first kappa shape index (κ1) is 23.6. The van der Waals surface area contributed by atoms with Gasteiger partial charge in [-0.2, -0.15) is 0 Å². The van der Waals surface area contributed by atoms with Crippen molar-refractivity contribution in [1.29, 1.82) is 0 Å². The van der Waals surface area contributed by atoms with Crippen LogP contribution in [0.1, 0.15) is 39.3 Å². The molecule has 2 saturated heterocycles. The zero-order valence-corrected chi connectivity index (χ0v) is 20.4. The van der Waals surface area contributed by atoms with Crippen molar-refractivity contribution in [1.82, 2.24) is 30.1 Å². The molecule has 6 rings (SSSR count). The van der Waals surface area contributed by atoms with Crippen molar-refractivity contribution in [2.24, 2.45) is 0 Å². The van der Waals surface area contributed by atoms with Gasteiger partial charge in [0.2, 0.25) is 11.8 Å². The van der Waals surface area contributed by atoms with Crippen LogP contribution in [0.4, 0.5) is 5.69 Å². The minimum Gasteiger partial charge on any atom is -0.506 e. The molecule has 2 fully saturated rings. The van der Waals surface area contributed by atoms with Crippen LogP contribution in [0, 0.1) is 0 Å². The molecule has 2 aromatic carbocycles. The highest BCUT2D eigenvalue weighted by Gasteiger charge is 2.39. The van der Waals surface area contributed by atoms with E-state index in [2.05, 4.69) is 15.6 Å². The molecule has 4 amide bonds. The first-order valence-electron chi connectivity index (χ1n) is 12.4. The molecule has 1 aromatic heterocycles. The van der Waals surface area contributed by atoms with Crippen molar-refractivity contribution >= 4 is 29.3 Å². The Morgan fingerprint density at radius 1 is 1.03 bits per heavy atom. The fraction of sp³-hybridized carbons (Fsp3) is 0.308. The van der Waals surface area contributed by atoms with E-state index in [0.29, 0.717) is 43.9 Å². The van der Waals surface area contributed by atoms with Crippen molar-refractivity contribution < 1.29 is 24.3 Å². The molecule has 3 aliphatic rings. The fourth-order valence-corrected chi connectivity index (χ4v) is 5.22. The molecule has 3 aromatic rings. The summed E-state index contributed by atoms with van der Waals surface area (Å²) in [6.07, 6.45) is 2.03. The van der Waals surface area contributed by atoms with E-state index in [0.717, 1.165) is 11.3 Å². The molecule has 1 unspecified atom stereocenters. The summed E-state index contributed by atoms with van der Waals surface area (Å²) >= 11 is 0. The maximum Gasteiger partial charge on any atom is 0.276 e. The maximum absolute atomic E-state index is 13.1. The number of nitrogens with zero attached hydrogens (tertiary/aromatic N) is 6. The number of phenols is 1. The highest BCUT2D eigenvalue weighted by atomic mass is 16.3. The second-order valence-electron chi connectivity index (χ2n) is 9.56. The van der Waals surface area contributed by atoms with Crippen LogP contribution >= 0.6 is 0 Å². The number of carbonyl (C=O) groups excluding carboxylic acids is 4. The Morgan fingerprint density at radius 3 is 2.58 bits per heavy atom. The summed E-state index contributed by atoms with van der Waals surface area (Å²) in [5.41, 5.74) is 2.74. The molecule has 0 radical (unpaired) electrons. The van der Waals surface area contributed by atoms with Crippen LogP contribution in [-0.2, 0) is 16.1 Å². The number of aromatic hydroxyl groups is 1. The minimum absolute atomic E-state index is 0.193. The molecule has 12 nitrogen and oxygen atoms in total. The van der Waals surface area contributed by atoms with Crippen molar-refractivity contribution in [3.63, 3.8) is 0 Å². The van der Waals surface area contributed by atoms with Crippen molar-refractivity contribution in [2.75, 3.05) is 31.1 Å². The van der Waals surface area contributed by atoms with Gasteiger partial charge in [-0.3, -0.25) is 24.5 Å². The second kappa shape index (κ2) is 9.29. The summed E-state index contributed by atoms with van der Waals surface area (Å²) < 4.78 is 1.45. The van der Waals surface area contributed by atoms with E-state index >= 15 is 0 Å². The third-order valence-corrected chi connectivity index (χ3v) is 7.28. The minimum atomic E-state index is -0.682. The summed E-state index contributed by atoms with van der Waals surface area (Å²) in [6.45, 7) is 2.39. The van der Waals surface area contributed by atoms with Gasteiger partial charge < -0.3 is 19.8 Å². The number of piperidine rings is 1. The molecule has 0 spiro atoms. The lowest BCUT2D eigenvalue weighted by Gasteiger charge is -2.35. The van der Waals surface area contributed by atoms with E-state index in [1.807, 2.05) is 17.0 Å². The van der Waals surface area contributed by atoms with E-state index in [1.165, 1.54) is 15.8 Å². The number of piperazine rings is 1. The second-order valence-corrected chi connectivity index (χ2v) is 9.56. The van der Waals surface area contributed by atoms with Gasteiger partial charge in [0.05, 0.1) is 17.6 Å². The number of carbonyl (C=O) groups is 4. The summed E-state index contributed by atoms with van der Waals surface area (Å²) in [4.78, 5) is 55.2. The average Bonchev–Trinajstić information content (AvgIpc) is 3.54. The standard InChI is InChI=1S/C26H25N7O5/c34-22-4-2-1-3-20(22)30-9-11-31(12-10-30)26(38)19-15-33(29-28-19)17-6-5-16-14-32(25(37)18(16)13-17)21-7-8-23(35)27-24(21)36/h1-6,13,15,21,34H,7-12,14H2,(H,27,35,36). The number of hydrogen-bond donors (Lipinski definition) is 2. The molecule has 38 heavy (non-hydrogen) atoms. The van der Waals surface area contributed by atoms with E-state index in [4.69, 9.17) is 0 Å². The van der Waals surface area contributed by atoms with Gasteiger partial charge in [0, 0.05) is 44.7 Å². The molecule has 194 valence electrons. The quantitative estimate of drug-likeness (QED) is 0.484. The van der Waals surface area contributed by atoms with Crippen LogP contribution in [0.5, 0.6) is 5.75 Å².